The fourth-order valence-corrected chi connectivity index (χ4v) is 1.80. The number of nitrogens with one attached hydrogen (secondary N) is 1. The molecule has 0 aromatic carbocycles. The summed E-state index contributed by atoms with van der Waals surface area (Å²) < 4.78 is 0. The van der Waals surface area contributed by atoms with Crippen LogP contribution in [0.25, 0.3) is 11.8 Å². The third-order valence-electron chi connectivity index (χ3n) is 1.80. The highest BCUT2D eigenvalue weighted by Crippen LogP contribution is 2.29. The largest absolute Gasteiger partial charge is 0.362 e. The van der Waals surface area contributed by atoms with Crippen LogP contribution in [0.4, 0.5) is 0 Å². The smallest absolute Gasteiger partial charge is 0.140 e. The second-order valence-corrected chi connectivity index (χ2v) is 3.40. The minimum atomic E-state index is 0.379. The van der Waals surface area contributed by atoms with Crippen LogP contribution in [-0.4, -0.2) is 4.98 Å². The van der Waals surface area contributed by atoms with Gasteiger partial charge in [0.15, 0.2) is 0 Å². The van der Waals surface area contributed by atoms with E-state index in [0.29, 0.717) is 10.3 Å². The maximum absolute atomic E-state index is 5.91. The lowest BCUT2D eigenvalue weighted by atomic mass is 10.1. The number of hydrogen-bond donors (Lipinski definition) is 1. The Bertz CT molecular complexity index is 410. The summed E-state index contributed by atoms with van der Waals surface area (Å²) in [6.07, 6.45) is 3.67. The molecule has 0 bridgehead atoms. The molecule has 13 heavy (non-hydrogen) atoms. The minimum Gasteiger partial charge on any atom is -0.362 e. The first-order valence-electron chi connectivity index (χ1n) is 3.67. The third kappa shape index (κ3) is 1.43. The summed E-state index contributed by atoms with van der Waals surface area (Å²) in [4.78, 5) is 3.93. The molecule has 1 aliphatic heterocycles. The molecule has 1 aromatic rings. The second-order valence-electron chi connectivity index (χ2n) is 2.66. The Labute approximate surface area is 85.9 Å². The average Bonchev–Trinajstić information content (AvgIpc) is 2.02. The third-order valence-corrected chi connectivity index (χ3v) is 2.26. The SMILES string of the molecule is C=C1NC=Cc2cc(Cl)nc(Cl)c21. The van der Waals surface area contributed by atoms with Gasteiger partial charge in [-0.05, 0) is 17.7 Å². The molecule has 0 amide bonds. The summed E-state index contributed by atoms with van der Waals surface area (Å²) >= 11 is 11.7. The van der Waals surface area contributed by atoms with Crippen LogP contribution in [0.5, 0.6) is 0 Å². The standard InChI is InChI=1S/C9H6Cl2N2/c1-5-8-6(2-3-12-5)4-7(10)13-9(8)11/h2-4,12H,1H2. The number of hydrogen-bond acceptors (Lipinski definition) is 2. The molecular formula is C9H6Cl2N2. The summed E-state index contributed by atoms with van der Waals surface area (Å²) in [5.41, 5.74) is 2.49. The van der Waals surface area contributed by atoms with Gasteiger partial charge in [-0.25, -0.2) is 4.98 Å². The van der Waals surface area contributed by atoms with Crippen LogP contribution in [0.2, 0.25) is 10.3 Å². The van der Waals surface area contributed by atoms with Crippen molar-refractivity contribution in [2.45, 2.75) is 0 Å². The van der Waals surface area contributed by atoms with E-state index < -0.39 is 0 Å². The fourth-order valence-electron chi connectivity index (χ4n) is 1.24. The molecule has 2 rings (SSSR count). The Balaban J connectivity index is 2.71. The van der Waals surface area contributed by atoms with E-state index in [0.717, 1.165) is 16.8 Å². The van der Waals surface area contributed by atoms with Crippen molar-refractivity contribution < 1.29 is 0 Å². The quantitative estimate of drug-likeness (QED) is 0.670. The summed E-state index contributed by atoms with van der Waals surface area (Å²) in [7, 11) is 0. The van der Waals surface area contributed by atoms with Crippen molar-refractivity contribution in [1.29, 1.82) is 0 Å². The highest BCUT2D eigenvalue weighted by molar-refractivity contribution is 6.34. The summed E-state index contributed by atoms with van der Waals surface area (Å²) in [5, 5.41) is 3.73. The molecule has 1 aromatic heterocycles. The molecule has 0 fully saturated rings. The van der Waals surface area contributed by atoms with E-state index in [1.54, 1.807) is 12.3 Å². The Kier molecular flexibility index (Phi) is 2.02. The van der Waals surface area contributed by atoms with E-state index in [1.165, 1.54) is 0 Å². The molecule has 0 atom stereocenters. The summed E-state index contributed by atoms with van der Waals surface area (Å²) in [6.45, 7) is 3.82. The van der Waals surface area contributed by atoms with Gasteiger partial charge in [-0.2, -0.15) is 0 Å². The van der Waals surface area contributed by atoms with Gasteiger partial charge < -0.3 is 5.32 Å². The van der Waals surface area contributed by atoms with Crippen molar-refractivity contribution in [1.82, 2.24) is 10.3 Å². The number of rotatable bonds is 0. The Morgan fingerprint density at radius 2 is 2.15 bits per heavy atom. The van der Waals surface area contributed by atoms with Crippen LogP contribution in [-0.2, 0) is 0 Å². The number of aromatic nitrogens is 1. The number of halogens is 2. The maximum Gasteiger partial charge on any atom is 0.140 e. The van der Waals surface area contributed by atoms with Crippen molar-refractivity contribution in [2.24, 2.45) is 0 Å². The summed E-state index contributed by atoms with van der Waals surface area (Å²) in [6, 6.07) is 1.76. The number of pyridine rings is 1. The van der Waals surface area contributed by atoms with Crippen LogP contribution in [0.15, 0.2) is 18.8 Å². The zero-order chi connectivity index (χ0) is 9.42. The van der Waals surface area contributed by atoms with Crippen LogP contribution >= 0.6 is 23.2 Å². The maximum atomic E-state index is 5.91. The molecule has 0 aliphatic carbocycles. The van der Waals surface area contributed by atoms with E-state index in [1.807, 2.05) is 6.08 Å². The predicted molar refractivity (Wildman–Crippen MR) is 55.5 cm³/mol. The van der Waals surface area contributed by atoms with Crippen molar-refractivity contribution in [3.05, 3.63) is 40.3 Å². The summed E-state index contributed by atoms with van der Waals surface area (Å²) in [5.74, 6) is 0. The molecule has 1 aliphatic rings. The van der Waals surface area contributed by atoms with Gasteiger partial charge in [0.1, 0.15) is 10.3 Å². The lowest BCUT2D eigenvalue weighted by molar-refractivity contribution is 1.18. The zero-order valence-electron chi connectivity index (χ0n) is 6.64. The number of nitrogens with zero attached hydrogens (tertiary/aromatic N) is 1. The highest BCUT2D eigenvalue weighted by Gasteiger charge is 2.13. The first-order valence-corrected chi connectivity index (χ1v) is 4.42. The molecule has 0 radical (unpaired) electrons. The molecule has 0 saturated carbocycles. The predicted octanol–water partition coefficient (Wildman–Crippen LogP) is 2.93. The molecule has 0 saturated heterocycles. The minimum absolute atomic E-state index is 0.379. The van der Waals surface area contributed by atoms with Crippen molar-refractivity contribution >= 4 is 35.0 Å². The molecular weight excluding hydrogens is 207 g/mol. The van der Waals surface area contributed by atoms with Gasteiger partial charge in [-0.3, -0.25) is 0 Å². The highest BCUT2D eigenvalue weighted by atomic mass is 35.5. The van der Waals surface area contributed by atoms with Crippen molar-refractivity contribution in [3.8, 4) is 0 Å². The van der Waals surface area contributed by atoms with Crippen molar-refractivity contribution in [2.75, 3.05) is 0 Å². The van der Waals surface area contributed by atoms with Gasteiger partial charge in [0.05, 0.1) is 0 Å². The number of fused-ring (bicyclic) bond motifs is 1. The fraction of sp³-hybridized carbons (Fsp3) is 0. The topological polar surface area (TPSA) is 24.9 Å². The molecule has 1 N–H and O–H groups in total. The van der Waals surface area contributed by atoms with E-state index in [9.17, 15) is 0 Å². The normalized spacial score (nSPS) is 13.8. The first kappa shape index (κ1) is 8.60. The molecule has 0 spiro atoms. The van der Waals surface area contributed by atoms with Crippen molar-refractivity contribution in [3.63, 3.8) is 0 Å². The van der Waals surface area contributed by atoms with E-state index in [-0.39, 0.29) is 0 Å². The van der Waals surface area contributed by atoms with Gasteiger partial charge in [-0.1, -0.05) is 29.8 Å². The van der Waals surface area contributed by atoms with E-state index in [4.69, 9.17) is 23.2 Å². The molecule has 0 unspecified atom stereocenters. The Morgan fingerprint density at radius 3 is 2.92 bits per heavy atom. The van der Waals surface area contributed by atoms with Gasteiger partial charge in [0.25, 0.3) is 0 Å². The van der Waals surface area contributed by atoms with Crippen LogP contribution in [0.1, 0.15) is 11.1 Å². The van der Waals surface area contributed by atoms with Gasteiger partial charge in [0, 0.05) is 17.5 Å². The van der Waals surface area contributed by atoms with Gasteiger partial charge in [0.2, 0.25) is 0 Å². The van der Waals surface area contributed by atoms with Gasteiger partial charge >= 0.3 is 0 Å². The first-order chi connectivity index (χ1) is 6.18. The molecule has 4 heteroatoms. The lowest BCUT2D eigenvalue weighted by Gasteiger charge is -2.15. The molecule has 66 valence electrons. The molecule has 2 heterocycles. The van der Waals surface area contributed by atoms with Crippen LogP contribution < -0.4 is 5.32 Å². The Morgan fingerprint density at radius 1 is 1.38 bits per heavy atom. The second kappa shape index (κ2) is 3.05. The lowest BCUT2D eigenvalue weighted by Crippen LogP contribution is -2.09. The van der Waals surface area contributed by atoms with Gasteiger partial charge in [-0.15, -0.1) is 0 Å². The molecule has 2 nitrogen and oxygen atoms in total. The zero-order valence-corrected chi connectivity index (χ0v) is 8.15. The monoisotopic (exact) mass is 212 g/mol. The van der Waals surface area contributed by atoms with Crippen LogP contribution in [0, 0.1) is 0 Å². The Hall–Kier alpha value is -0.990. The van der Waals surface area contributed by atoms with E-state index >= 15 is 0 Å². The van der Waals surface area contributed by atoms with Crippen LogP contribution in [0.3, 0.4) is 0 Å². The van der Waals surface area contributed by atoms with E-state index in [2.05, 4.69) is 16.9 Å². The average molecular weight is 213 g/mol.